The summed E-state index contributed by atoms with van der Waals surface area (Å²) in [4.78, 5) is 11.9. The van der Waals surface area contributed by atoms with E-state index in [0.717, 1.165) is 45.6 Å². The first-order valence-corrected chi connectivity index (χ1v) is 10.9. The topological polar surface area (TPSA) is 70.9 Å². The molecule has 0 saturated heterocycles. The normalized spacial score (nSPS) is 21.2. The van der Waals surface area contributed by atoms with Gasteiger partial charge in [0, 0.05) is 28.2 Å². The van der Waals surface area contributed by atoms with Gasteiger partial charge in [0.1, 0.15) is 0 Å². The summed E-state index contributed by atoms with van der Waals surface area (Å²) in [5.74, 6) is -2.42. The van der Waals surface area contributed by atoms with Gasteiger partial charge in [-0.3, -0.25) is 9.89 Å². The number of aromatic amines is 1. The molecule has 166 valence electrons. The maximum Gasteiger partial charge on any atom is 0.309 e. The van der Waals surface area contributed by atoms with Crippen molar-refractivity contribution in [2.45, 2.75) is 51.9 Å². The molecule has 1 aliphatic rings. The van der Waals surface area contributed by atoms with Gasteiger partial charge in [-0.15, -0.1) is 0 Å². The van der Waals surface area contributed by atoms with E-state index in [1.165, 1.54) is 6.07 Å². The zero-order valence-electron chi connectivity index (χ0n) is 18.2. The van der Waals surface area contributed by atoms with Crippen molar-refractivity contribution in [2.24, 2.45) is 5.41 Å². The minimum absolute atomic E-state index is 0.0583. The summed E-state index contributed by atoms with van der Waals surface area (Å²) >= 11 is 0. The highest BCUT2D eigenvalue weighted by Gasteiger charge is 2.43. The van der Waals surface area contributed by atoms with Crippen LogP contribution in [-0.2, 0) is 4.79 Å². The van der Waals surface area contributed by atoms with Gasteiger partial charge in [-0.1, -0.05) is 13.8 Å². The Balaban J connectivity index is 1.84. The quantitative estimate of drug-likeness (QED) is 0.395. The Labute approximate surface area is 184 Å². The van der Waals surface area contributed by atoms with Gasteiger partial charge in [0.25, 0.3) is 0 Å². The minimum Gasteiger partial charge on any atom is -0.481 e. The average Bonchev–Trinajstić information content (AvgIpc) is 3.43. The first-order valence-electron chi connectivity index (χ1n) is 10.9. The lowest BCUT2D eigenvalue weighted by Gasteiger charge is -2.21. The summed E-state index contributed by atoms with van der Waals surface area (Å²) in [5.41, 5.74) is 3.65. The van der Waals surface area contributed by atoms with E-state index in [-0.39, 0.29) is 11.8 Å². The highest BCUT2D eigenvalue weighted by molar-refractivity contribution is 5.99. The summed E-state index contributed by atoms with van der Waals surface area (Å²) in [7, 11) is 0. The van der Waals surface area contributed by atoms with Gasteiger partial charge in [-0.25, -0.2) is 8.78 Å². The number of benzene rings is 2. The molecule has 2 aromatic carbocycles. The molecule has 7 heteroatoms. The van der Waals surface area contributed by atoms with Crippen LogP contribution in [0.2, 0.25) is 0 Å². The smallest absolute Gasteiger partial charge is 0.309 e. The van der Waals surface area contributed by atoms with Gasteiger partial charge in [0.15, 0.2) is 11.6 Å². The maximum atomic E-state index is 14.2. The molecule has 5 nitrogen and oxygen atoms in total. The number of fused-ring (bicyclic) bond motifs is 2. The number of halogens is 2. The predicted octanol–water partition coefficient (Wildman–Crippen LogP) is 6.27. The molecule has 2 N–H and O–H groups in total. The van der Waals surface area contributed by atoms with Gasteiger partial charge >= 0.3 is 5.97 Å². The van der Waals surface area contributed by atoms with E-state index in [1.807, 2.05) is 23.6 Å². The van der Waals surface area contributed by atoms with Crippen LogP contribution < -0.4 is 0 Å². The first-order chi connectivity index (χ1) is 15.2. The lowest BCUT2D eigenvalue weighted by molar-refractivity contribution is -0.147. The molecule has 1 fully saturated rings. The Hall–Kier alpha value is -3.22. The molecule has 1 aliphatic carbocycles. The molecule has 2 aromatic heterocycles. The molecule has 0 unspecified atom stereocenters. The highest BCUT2D eigenvalue weighted by atomic mass is 19.2. The van der Waals surface area contributed by atoms with Crippen molar-refractivity contribution < 1.29 is 18.7 Å². The van der Waals surface area contributed by atoms with Crippen LogP contribution in [0, 0.1) is 17.0 Å². The Bertz CT molecular complexity index is 1370. The zero-order valence-corrected chi connectivity index (χ0v) is 18.2. The van der Waals surface area contributed by atoms with Crippen LogP contribution in [0.1, 0.15) is 63.1 Å². The summed E-state index contributed by atoms with van der Waals surface area (Å²) in [5, 5.41) is 18.9. The number of aliphatic carboxylic acids is 1. The zero-order chi connectivity index (χ0) is 22.8. The molecule has 0 aliphatic heterocycles. The van der Waals surface area contributed by atoms with Crippen LogP contribution in [-0.4, -0.2) is 25.8 Å². The van der Waals surface area contributed by atoms with E-state index in [0.29, 0.717) is 18.5 Å². The lowest BCUT2D eigenvalue weighted by atomic mass is 9.84. The van der Waals surface area contributed by atoms with Gasteiger partial charge in [-0.05, 0) is 67.9 Å². The van der Waals surface area contributed by atoms with Crippen LogP contribution in [0.5, 0.6) is 0 Å². The monoisotopic (exact) mass is 437 g/mol. The Morgan fingerprint density at radius 2 is 2.03 bits per heavy atom. The maximum absolute atomic E-state index is 14.2. The Morgan fingerprint density at radius 1 is 1.25 bits per heavy atom. The third kappa shape index (κ3) is 3.02. The molecular weight excluding hydrogens is 412 g/mol. The number of hydrogen-bond acceptors (Lipinski definition) is 2. The van der Waals surface area contributed by atoms with Crippen molar-refractivity contribution in [2.75, 3.05) is 0 Å². The van der Waals surface area contributed by atoms with Crippen LogP contribution >= 0.6 is 0 Å². The summed E-state index contributed by atoms with van der Waals surface area (Å²) in [6.45, 7) is 5.96. The fourth-order valence-corrected chi connectivity index (χ4v) is 5.35. The van der Waals surface area contributed by atoms with E-state index in [1.54, 1.807) is 12.3 Å². The fraction of sp³-hybridized carbons (Fsp3) is 0.360. The number of rotatable bonds is 4. The molecule has 0 radical (unpaired) electrons. The van der Waals surface area contributed by atoms with E-state index >= 15 is 0 Å². The molecule has 0 bridgehead atoms. The summed E-state index contributed by atoms with van der Waals surface area (Å²) in [6.07, 6.45) is 3.65. The third-order valence-corrected chi connectivity index (χ3v) is 6.98. The number of hydrogen-bond donors (Lipinski definition) is 2. The first kappa shape index (κ1) is 20.7. The van der Waals surface area contributed by atoms with E-state index < -0.39 is 23.0 Å². The molecule has 0 amide bonds. The summed E-state index contributed by atoms with van der Waals surface area (Å²) < 4.78 is 29.9. The number of H-pyrrole nitrogens is 1. The fourth-order valence-electron chi connectivity index (χ4n) is 5.35. The SMILES string of the molecule is CC(C)c1c([C@@H]2CC[C@@](C)(C(=O)O)C2)c2cc3[nH]ncc3cc2n1-c1ccc(F)c(F)c1. The highest BCUT2D eigenvalue weighted by Crippen LogP contribution is 2.51. The van der Waals surface area contributed by atoms with Crippen molar-refractivity contribution in [3.63, 3.8) is 0 Å². The number of carboxylic acids is 1. The van der Waals surface area contributed by atoms with Gasteiger partial charge < -0.3 is 9.67 Å². The molecule has 1 saturated carbocycles. The Kier molecular flexibility index (Phi) is 4.62. The van der Waals surface area contributed by atoms with Crippen LogP contribution in [0.15, 0.2) is 36.5 Å². The molecular formula is C25H25F2N3O2. The van der Waals surface area contributed by atoms with Crippen molar-refractivity contribution >= 4 is 27.8 Å². The van der Waals surface area contributed by atoms with Crippen LogP contribution in [0.25, 0.3) is 27.5 Å². The number of carboxylic acid groups (broad SMARTS) is 1. The van der Waals surface area contributed by atoms with E-state index in [4.69, 9.17) is 0 Å². The number of nitrogens with one attached hydrogen (secondary N) is 1. The largest absolute Gasteiger partial charge is 0.481 e. The number of aromatic nitrogens is 3. The van der Waals surface area contributed by atoms with Crippen molar-refractivity contribution in [1.29, 1.82) is 0 Å². The molecule has 0 spiro atoms. The van der Waals surface area contributed by atoms with Crippen molar-refractivity contribution in [3.05, 3.63) is 59.4 Å². The van der Waals surface area contributed by atoms with E-state index in [2.05, 4.69) is 24.0 Å². The predicted molar refractivity (Wildman–Crippen MR) is 119 cm³/mol. The third-order valence-electron chi connectivity index (χ3n) is 6.98. The second kappa shape index (κ2) is 7.15. The minimum atomic E-state index is -0.899. The second-order valence-electron chi connectivity index (χ2n) is 9.52. The molecule has 32 heavy (non-hydrogen) atoms. The van der Waals surface area contributed by atoms with Gasteiger partial charge in [0.05, 0.1) is 22.6 Å². The van der Waals surface area contributed by atoms with Gasteiger partial charge in [0.2, 0.25) is 0 Å². The van der Waals surface area contributed by atoms with E-state index in [9.17, 15) is 18.7 Å². The van der Waals surface area contributed by atoms with Crippen LogP contribution in [0.3, 0.4) is 0 Å². The van der Waals surface area contributed by atoms with Crippen LogP contribution in [0.4, 0.5) is 8.78 Å². The number of nitrogens with zero attached hydrogens (tertiary/aromatic N) is 2. The van der Waals surface area contributed by atoms with Crippen molar-refractivity contribution in [1.82, 2.24) is 14.8 Å². The average molecular weight is 437 g/mol. The second-order valence-corrected chi connectivity index (χ2v) is 9.52. The molecule has 2 atom stereocenters. The molecule has 4 aromatic rings. The van der Waals surface area contributed by atoms with Crippen molar-refractivity contribution in [3.8, 4) is 5.69 Å². The molecule has 5 rings (SSSR count). The van der Waals surface area contributed by atoms with Gasteiger partial charge in [-0.2, -0.15) is 5.10 Å². The Morgan fingerprint density at radius 3 is 2.69 bits per heavy atom. The summed E-state index contributed by atoms with van der Waals surface area (Å²) in [6, 6.07) is 8.01. The molecule has 2 heterocycles. The standard InChI is InChI=1S/C25H25F2N3O2/c1-13(2)23-22(14-6-7-25(3,11-14)24(31)32)17-10-20-15(12-28-29-20)8-21(17)30(23)16-4-5-18(26)19(27)9-16/h4-5,8-10,12-14H,6-7,11H2,1-3H3,(H,28,29)(H,31,32)/t14-,25-/m1/s1. The lowest BCUT2D eigenvalue weighted by Crippen LogP contribution is -2.23. The number of carbonyl (C=O) groups is 1.